The molecule has 20 heavy (non-hydrogen) atoms. The van der Waals surface area contributed by atoms with Crippen LogP contribution < -0.4 is 22.3 Å². The normalized spacial score (nSPS) is 25.1. The number of nitrogens with zero attached hydrogens (tertiary/aromatic N) is 2. The molecule has 6 N–H and O–H groups in total. The molecule has 1 aliphatic carbocycles. The zero-order chi connectivity index (χ0) is 15.3. The first-order chi connectivity index (χ1) is 9.25. The van der Waals surface area contributed by atoms with Gasteiger partial charge >= 0.3 is 12.1 Å². The minimum absolute atomic E-state index is 0.0473. The van der Waals surface area contributed by atoms with Gasteiger partial charge in [-0.2, -0.15) is 10.2 Å². The molecule has 0 saturated heterocycles. The molecular weight excluding hydrogens is 260 g/mol. The topological polar surface area (TPSA) is 135 Å². The van der Waals surface area contributed by atoms with Crippen LogP contribution in [0, 0.1) is 17.3 Å². The highest BCUT2D eigenvalue weighted by atomic mass is 16.2. The maximum Gasteiger partial charge on any atom is 0.332 e. The van der Waals surface area contributed by atoms with Crippen molar-refractivity contribution >= 4 is 24.0 Å². The van der Waals surface area contributed by atoms with Crippen molar-refractivity contribution in [3.63, 3.8) is 0 Å². The predicted molar refractivity (Wildman–Crippen MR) is 77.0 cm³/mol. The Morgan fingerprint density at radius 2 is 1.90 bits per heavy atom. The van der Waals surface area contributed by atoms with E-state index in [-0.39, 0.29) is 11.3 Å². The second-order valence-electron chi connectivity index (χ2n) is 5.56. The van der Waals surface area contributed by atoms with Crippen LogP contribution in [0.5, 0.6) is 0 Å². The summed E-state index contributed by atoms with van der Waals surface area (Å²) in [5.74, 6) is 0.724. The molecule has 1 fully saturated rings. The highest BCUT2D eigenvalue weighted by Crippen LogP contribution is 2.53. The van der Waals surface area contributed by atoms with E-state index in [9.17, 15) is 9.59 Å². The van der Waals surface area contributed by atoms with E-state index in [1.807, 2.05) is 6.92 Å². The number of carbonyl (C=O) groups is 2. The summed E-state index contributed by atoms with van der Waals surface area (Å²) in [6, 6.07) is -1.34. The van der Waals surface area contributed by atoms with Crippen LogP contribution in [0.2, 0.25) is 0 Å². The highest BCUT2D eigenvalue weighted by Gasteiger charge is 2.48. The van der Waals surface area contributed by atoms with Gasteiger partial charge in [-0.05, 0) is 31.1 Å². The second-order valence-corrected chi connectivity index (χ2v) is 5.56. The summed E-state index contributed by atoms with van der Waals surface area (Å²) in [7, 11) is 0. The summed E-state index contributed by atoms with van der Waals surface area (Å²) in [6.45, 7) is 6.16. The van der Waals surface area contributed by atoms with E-state index in [1.54, 1.807) is 6.21 Å². The zero-order valence-corrected chi connectivity index (χ0v) is 12.0. The molecular formula is C12H22N6O2. The molecule has 0 aromatic heterocycles. The summed E-state index contributed by atoms with van der Waals surface area (Å²) in [6.07, 6.45) is 3.35. The molecule has 1 saturated carbocycles. The van der Waals surface area contributed by atoms with Crippen LogP contribution in [0.25, 0.3) is 0 Å². The smallest absolute Gasteiger partial charge is 0.332 e. The second kappa shape index (κ2) is 6.36. The van der Waals surface area contributed by atoms with E-state index in [0.717, 1.165) is 18.6 Å². The van der Waals surface area contributed by atoms with Gasteiger partial charge in [-0.25, -0.2) is 20.4 Å². The van der Waals surface area contributed by atoms with Crippen LogP contribution >= 0.6 is 0 Å². The number of carbonyl (C=O) groups excluding carboxylic acids is 2. The molecule has 0 aromatic carbocycles. The number of hydrogen-bond acceptors (Lipinski definition) is 4. The van der Waals surface area contributed by atoms with Crippen molar-refractivity contribution in [3.8, 4) is 0 Å². The Balaban J connectivity index is 2.50. The Morgan fingerprint density at radius 3 is 2.40 bits per heavy atom. The summed E-state index contributed by atoms with van der Waals surface area (Å²) >= 11 is 0. The lowest BCUT2D eigenvalue weighted by molar-refractivity contribution is 0.0303. The van der Waals surface area contributed by atoms with E-state index in [2.05, 4.69) is 34.9 Å². The molecule has 2 atom stereocenters. The molecule has 0 aromatic rings. The number of amides is 4. The summed E-state index contributed by atoms with van der Waals surface area (Å²) in [5.41, 5.74) is 15.2. The van der Waals surface area contributed by atoms with Gasteiger partial charge < -0.3 is 11.5 Å². The number of nitrogens with two attached hydrogens (primary N) is 2. The fraction of sp³-hybridized carbons (Fsp3) is 0.667. The summed E-state index contributed by atoms with van der Waals surface area (Å²) < 4.78 is 0. The minimum atomic E-state index is -0.674. The summed E-state index contributed by atoms with van der Waals surface area (Å²) in [4.78, 5) is 21.1. The summed E-state index contributed by atoms with van der Waals surface area (Å²) in [5, 5.41) is 7.71. The molecule has 0 unspecified atom stereocenters. The number of primary amides is 2. The Morgan fingerprint density at radius 1 is 1.30 bits per heavy atom. The van der Waals surface area contributed by atoms with Crippen molar-refractivity contribution in [1.29, 1.82) is 0 Å². The van der Waals surface area contributed by atoms with Gasteiger partial charge in [0.05, 0.1) is 0 Å². The van der Waals surface area contributed by atoms with Crippen LogP contribution in [0.3, 0.4) is 0 Å². The fourth-order valence-corrected chi connectivity index (χ4v) is 2.64. The van der Waals surface area contributed by atoms with Crippen molar-refractivity contribution in [2.24, 2.45) is 38.9 Å². The molecule has 8 nitrogen and oxygen atoms in total. The lowest BCUT2D eigenvalue weighted by atomic mass is 9.52. The van der Waals surface area contributed by atoms with Crippen LogP contribution in [-0.2, 0) is 0 Å². The van der Waals surface area contributed by atoms with Gasteiger partial charge in [0.25, 0.3) is 0 Å². The number of hydrogen-bond donors (Lipinski definition) is 4. The lowest BCUT2D eigenvalue weighted by Gasteiger charge is -2.52. The Bertz CT molecular complexity index is 443. The maximum atomic E-state index is 10.6. The Kier molecular flexibility index (Phi) is 5.06. The third-order valence-electron chi connectivity index (χ3n) is 3.97. The average Bonchev–Trinajstić information content (AvgIpc) is 2.33. The van der Waals surface area contributed by atoms with Crippen molar-refractivity contribution in [1.82, 2.24) is 10.9 Å². The molecule has 0 heterocycles. The molecule has 4 amide bonds. The largest absolute Gasteiger partial charge is 0.350 e. The van der Waals surface area contributed by atoms with E-state index >= 15 is 0 Å². The number of urea groups is 2. The number of rotatable bonds is 5. The van der Waals surface area contributed by atoms with E-state index in [0.29, 0.717) is 5.92 Å². The van der Waals surface area contributed by atoms with Gasteiger partial charge in [-0.15, -0.1) is 0 Å². The fourth-order valence-electron chi connectivity index (χ4n) is 2.64. The standard InChI is InChI=1S/C12H22N6O2/c1-7(16-18-11(14)20)9-6-8(12(9,2)3)4-5-15-17-10(13)19/h5,8-9H,4,6H2,1-3H3,(H3,13,17,19)(H3,14,18,20)/t8-,9-/m0/s1. The van der Waals surface area contributed by atoms with Gasteiger partial charge in [0.2, 0.25) is 0 Å². The third-order valence-corrected chi connectivity index (χ3v) is 3.97. The molecule has 0 radical (unpaired) electrons. The van der Waals surface area contributed by atoms with Gasteiger partial charge in [-0.3, -0.25) is 0 Å². The first kappa shape index (κ1) is 15.9. The van der Waals surface area contributed by atoms with Gasteiger partial charge in [0, 0.05) is 17.8 Å². The quantitative estimate of drug-likeness (QED) is 0.437. The van der Waals surface area contributed by atoms with Crippen LogP contribution in [0.4, 0.5) is 9.59 Å². The van der Waals surface area contributed by atoms with Crippen LogP contribution in [0.15, 0.2) is 10.2 Å². The Hall–Kier alpha value is -2.12. The van der Waals surface area contributed by atoms with Crippen molar-refractivity contribution in [2.75, 3.05) is 0 Å². The molecule has 112 valence electrons. The monoisotopic (exact) mass is 282 g/mol. The van der Waals surface area contributed by atoms with Crippen molar-refractivity contribution < 1.29 is 9.59 Å². The first-order valence-electron chi connectivity index (χ1n) is 6.41. The SMILES string of the molecule is CC(=NNC(N)=O)[C@@H]1C[C@H](CC=NNC(N)=O)C1(C)C. The van der Waals surface area contributed by atoms with Crippen LogP contribution in [-0.4, -0.2) is 24.0 Å². The highest BCUT2D eigenvalue weighted by molar-refractivity contribution is 5.87. The first-order valence-corrected chi connectivity index (χ1v) is 6.41. The van der Waals surface area contributed by atoms with Crippen molar-refractivity contribution in [3.05, 3.63) is 0 Å². The van der Waals surface area contributed by atoms with Crippen LogP contribution in [0.1, 0.15) is 33.6 Å². The molecule has 8 heteroatoms. The maximum absolute atomic E-state index is 10.6. The molecule has 0 spiro atoms. The minimum Gasteiger partial charge on any atom is -0.350 e. The average molecular weight is 282 g/mol. The third kappa shape index (κ3) is 3.94. The molecule has 0 aliphatic heterocycles. The predicted octanol–water partition coefficient (Wildman–Crippen LogP) is 0.737. The van der Waals surface area contributed by atoms with Gasteiger partial charge in [-0.1, -0.05) is 13.8 Å². The van der Waals surface area contributed by atoms with Crippen molar-refractivity contribution in [2.45, 2.75) is 33.6 Å². The molecule has 1 aliphatic rings. The van der Waals surface area contributed by atoms with E-state index < -0.39 is 12.1 Å². The lowest BCUT2D eigenvalue weighted by Crippen LogP contribution is -2.48. The Labute approximate surface area is 118 Å². The van der Waals surface area contributed by atoms with E-state index in [4.69, 9.17) is 11.5 Å². The molecule has 1 rings (SSSR count). The number of nitrogens with one attached hydrogen (secondary N) is 2. The number of hydrazone groups is 2. The van der Waals surface area contributed by atoms with E-state index in [1.165, 1.54) is 0 Å². The van der Waals surface area contributed by atoms with Gasteiger partial charge in [0.15, 0.2) is 0 Å². The molecule has 0 bridgehead atoms. The van der Waals surface area contributed by atoms with Gasteiger partial charge in [0.1, 0.15) is 0 Å². The zero-order valence-electron chi connectivity index (χ0n) is 12.0.